The van der Waals surface area contributed by atoms with Crippen molar-refractivity contribution < 1.29 is 9.59 Å². The molecule has 0 spiro atoms. The quantitative estimate of drug-likeness (QED) is 0.569. The van der Waals surface area contributed by atoms with Crippen LogP contribution in [0.5, 0.6) is 0 Å². The zero-order valence-electron chi connectivity index (χ0n) is 14.5. The highest BCUT2D eigenvalue weighted by Gasteiger charge is 2.28. The first-order valence-corrected chi connectivity index (χ1v) is 8.49. The third-order valence-electron chi connectivity index (χ3n) is 4.25. The summed E-state index contributed by atoms with van der Waals surface area (Å²) >= 11 is 0. The molecule has 136 valence electrons. The molecule has 1 unspecified atom stereocenters. The van der Waals surface area contributed by atoms with Crippen molar-refractivity contribution in [2.45, 2.75) is 32.2 Å². The summed E-state index contributed by atoms with van der Waals surface area (Å²) in [5.74, 6) is -0.0353. The molecule has 1 aromatic carbocycles. The third-order valence-corrected chi connectivity index (χ3v) is 4.25. The number of aryl methyl sites for hydroxylation is 1. The van der Waals surface area contributed by atoms with Gasteiger partial charge >= 0.3 is 0 Å². The number of benzene rings is 1. The van der Waals surface area contributed by atoms with Crippen LogP contribution in [0.2, 0.25) is 0 Å². The first kappa shape index (κ1) is 17.7. The zero-order valence-corrected chi connectivity index (χ0v) is 14.5. The minimum absolute atomic E-state index is 0.0222. The van der Waals surface area contributed by atoms with Crippen LogP contribution in [0.1, 0.15) is 35.3 Å². The molecule has 1 aliphatic carbocycles. The van der Waals surface area contributed by atoms with Gasteiger partial charge in [-0.1, -0.05) is 30.5 Å². The number of anilines is 3. The fourth-order valence-electron chi connectivity index (χ4n) is 2.61. The molecule has 8 heteroatoms. The molecule has 3 rings (SSSR count). The van der Waals surface area contributed by atoms with Crippen LogP contribution in [0.4, 0.5) is 17.3 Å². The number of carbonyl (C=O) groups excluding carboxylic acids is 2. The SMILES string of the molecule is Cc1ccc(Nc2nc(NC(CC3CC3)C(N)=O)cnc2C(N)=O)cc1. The van der Waals surface area contributed by atoms with Crippen molar-refractivity contribution in [1.82, 2.24) is 9.97 Å². The van der Waals surface area contributed by atoms with Crippen molar-refractivity contribution in [1.29, 1.82) is 0 Å². The van der Waals surface area contributed by atoms with Gasteiger partial charge in [0.15, 0.2) is 11.5 Å². The van der Waals surface area contributed by atoms with Gasteiger partial charge in [-0.3, -0.25) is 9.59 Å². The van der Waals surface area contributed by atoms with Crippen LogP contribution >= 0.6 is 0 Å². The first-order chi connectivity index (χ1) is 12.4. The Bertz CT molecular complexity index is 817. The van der Waals surface area contributed by atoms with Crippen LogP contribution in [0.3, 0.4) is 0 Å². The average Bonchev–Trinajstić information content (AvgIpc) is 3.40. The number of hydrogen-bond acceptors (Lipinski definition) is 6. The van der Waals surface area contributed by atoms with Crippen molar-refractivity contribution in [2.24, 2.45) is 17.4 Å². The second-order valence-corrected chi connectivity index (χ2v) is 6.59. The van der Waals surface area contributed by atoms with Crippen molar-refractivity contribution in [3.05, 3.63) is 41.7 Å². The fraction of sp³-hybridized carbons (Fsp3) is 0.333. The number of nitrogens with one attached hydrogen (secondary N) is 2. The number of amides is 2. The van der Waals surface area contributed by atoms with E-state index < -0.39 is 17.9 Å². The highest BCUT2D eigenvalue weighted by Crippen LogP contribution is 2.34. The molecule has 0 aliphatic heterocycles. The lowest BCUT2D eigenvalue weighted by atomic mass is 10.1. The highest BCUT2D eigenvalue weighted by atomic mass is 16.1. The molecular formula is C18H22N6O2. The van der Waals surface area contributed by atoms with Gasteiger partial charge in [0, 0.05) is 5.69 Å². The molecule has 0 radical (unpaired) electrons. The fourth-order valence-corrected chi connectivity index (χ4v) is 2.61. The lowest BCUT2D eigenvalue weighted by molar-refractivity contribution is -0.118. The van der Waals surface area contributed by atoms with Gasteiger partial charge in [-0.15, -0.1) is 0 Å². The Balaban J connectivity index is 1.83. The van der Waals surface area contributed by atoms with Gasteiger partial charge in [0.1, 0.15) is 11.9 Å². The van der Waals surface area contributed by atoms with E-state index in [-0.39, 0.29) is 11.5 Å². The monoisotopic (exact) mass is 354 g/mol. The van der Waals surface area contributed by atoms with Crippen molar-refractivity contribution in [3.8, 4) is 0 Å². The number of carbonyl (C=O) groups is 2. The molecule has 1 aliphatic rings. The number of rotatable bonds is 8. The Morgan fingerprint density at radius 1 is 1.23 bits per heavy atom. The highest BCUT2D eigenvalue weighted by molar-refractivity contribution is 5.96. The van der Waals surface area contributed by atoms with E-state index in [2.05, 4.69) is 20.6 Å². The number of aromatic nitrogens is 2. The molecular weight excluding hydrogens is 332 g/mol. The number of nitrogens with zero attached hydrogens (tertiary/aromatic N) is 2. The predicted octanol–water partition coefficient (Wildman–Crippen LogP) is 1.69. The van der Waals surface area contributed by atoms with Gasteiger partial charge in [0.25, 0.3) is 5.91 Å². The summed E-state index contributed by atoms with van der Waals surface area (Å²) < 4.78 is 0. The van der Waals surface area contributed by atoms with E-state index in [1.807, 2.05) is 31.2 Å². The summed E-state index contributed by atoms with van der Waals surface area (Å²) in [4.78, 5) is 31.8. The Kier molecular flexibility index (Phi) is 5.01. The van der Waals surface area contributed by atoms with Crippen LogP contribution in [0.25, 0.3) is 0 Å². The minimum Gasteiger partial charge on any atom is -0.368 e. The minimum atomic E-state index is -0.692. The van der Waals surface area contributed by atoms with E-state index in [1.54, 1.807) is 0 Å². The van der Waals surface area contributed by atoms with E-state index in [0.29, 0.717) is 18.2 Å². The van der Waals surface area contributed by atoms with E-state index in [1.165, 1.54) is 6.20 Å². The van der Waals surface area contributed by atoms with Crippen LogP contribution in [-0.2, 0) is 4.79 Å². The number of hydrogen-bond donors (Lipinski definition) is 4. The second-order valence-electron chi connectivity index (χ2n) is 6.59. The van der Waals surface area contributed by atoms with Crippen LogP contribution < -0.4 is 22.1 Å². The lowest BCUT2D eigenvalue weighted by Gasteiger charge is -2.17. The topological polar surface area (TPSA) is 136 Å². The summed E-state index contributed by atoms with van der Waals surface area (Å²) in [5.41, 5.74) is 12.7. The maximum atomic E-state index is 11.7. The molecule has 6 N–H and O–H groups in total. The molecule has 8 nitrogen and oxygen atoms in total. The standard InChI is InChI=1S/C18H22N6O2/c1-10-2-6-12(7-3-10)22-18-15(17(20)26)21-9-14(24-18)23-13(16(19)25)8-11-4-5-11/h2-3,6-7,9,11,13H,4-5,8H2,1H3,(H2,19,25)(H2,20,26)(H2,22,23,24). The third kappa shape index (κ3) is 4.47. The van der Waals surface area contributed by atoms with Crippen LogP contribution in [0.15, 0.2) is 30.5 Å². The van der Waals surface area contributed by atoms with Gasteiger partial charge in [-0.05, 0) is 31.4 Å². The Labute approximate surface area is 151 Å². The molecule has 1 saturated carbocycles. The van der Waals surface area contributed by atoms with E-state index in [0.717, 1.165) is 24.1 Å². The molecule has 1 heterocycles. The number of nitrogens with two attached hydrogens (primary N) is 2. The normalized spacial score (nSPS) is 14.5. The van der Waals surface area contributed by atoms with Gasteiger partial charge in [0.2, 0.25) is 5.91 Å². The summed E-state index contributed by atoms with van der Waals surface area (Å²) in [6, 6.07) is 7.06. The van der Waals surface area contributed by atoms with Gasteiger partial charge in [-0.2, -0.15) is 0 Å². The zero-order chi connectivity index (χ0) is 18.7. The van der Waals surface area contributed by atoms with Crippen LogP contribution in [0, 0.1) is 12.8 Å². The Hall–Kier alpha value is -3.16. The summed E-state index contributed by atoms with van der Waals surface area (Å²) in [6.07, 6.45) is 4.26. The molecule has 0 saturated heterocycles. The molecule has 0 bridgehead atoms. The van der Waals surface area contributed by atoms with Crippen molar-refractivity contribution in [3.63, 3.8) is 0 Å². The molecule has 1 atom stereocenters. The molecule has 2 aromatic rings. The second kappa shape index (κ2) is 7.38. The Morgan fingerprint density at radius 2 is 1.92 bits per heavy atom. The largest absolute Gasteiger partial charge is 0.368 e. The number of primary amides is 2. The molecule has 26 heavy (non-hydrogen) atoms. The summed E-state index contributed by atoms with van der Waals surface area (Å²) in [5, 5.41) is 6.06. The van der Waals surface area contributed by atoms with E-state index in [4.69, 9.17) is 11.5 Å². The van der Waals surface area contributed by atoms with E-state index >= 15 is 0 Å². The van der Waals surface area contributed by atoms with Crippen molar-refractivity contribution >= 4 is 29.1 Å². The molecule has 1 fully saturated rings. The van der Waals surface area contributed by atoms with Crippen LogP contribution in [-0.4, -0.2) is 27.8 Å². The van der Waals surface area contributed by atoms with Gasteiger partial charge in [-0.25, -0.2) is 9.97 Å². The average molecular weight is 354 g/mol. The predicted molar refractivity (Wildman–Crippen MR) is 99.0 cm³/mol. The molecule has 1 aromatic heterocycles. The van der Waals surface area contributed by atoms with Gasteiger partial charge in [0.05, 0.1) is 6.20 Å². The lowest BCUT2D eigenvalue weighted by Crippen LogP contribution is -2.36. The maximum absolute atomic E-state index is 11.7. The van der Waals surface area contributed by atoms with E-state index in [9.17, 15) is 9.59 Å². The Morgan fingerprint density at radius 3 is 2.50 bits per heavy atom. The first-order valence-electron chi connectivity index (χ1n) is 8.49. The summed E-state index contributed by atoms with van der Waals surface area (Å²) in [7, 11) is 0. The smallest absolute Gasteiger partial charge is 0.271 e. The van der Waals surface area contributed by atoms with Gasteiger partial charge < -0.3 is 22.1 Å². The summed E-state index contributed by atoms with van der Waals surface area (Å²) in [6.45, 7) is 1.98. The maximum Gasteiger partial charge on any atom is 0.271 e. The molecule has 2 amide bonds. The van der Waals surface area contributed by atoms with Crippen molar-refractivity contribution in [2.75, 3.05) is 10.6 Å².